The molecule has 17 heavy (non-hydrogen) atoms. The molecule has 1 N–H and O–H groups in total. The molecule has 0 aliphatic heterocycles. The maximum absolute atomic E-state index is 11.7. The molecule has 0 fully saturated rings. The van der Waals surface area contributed by atoms with Gasteiger partial charge in [0.05, 0.1) is 10.0 Å². The first-order valence-electron chi connectivity index (χ1n) is 5.25. The minimum absolute atomic E-state index is 0.0333. The predicted octanol–water partition coefficient (Wildman–Crippen LogP) is 3.96. The quantitative estimate of drug-likeness (QED) is 0.788. The minimum atomic E-state index is -0.0919. The van der Waals surface area contributed by atoms with Crippen molar-refractivity contribution in [2.75, 3.05) is 0 Å². The summed E-state index contributed by atoms with van der Waals surface area (Å²) in [6, 6.07) is 1.33. The number of benzene rings is 1. The molecule has 0 spiro atoms. The Morgan fingerprint density at radius 3 is 2.82 bits per heavy atom. The lowest BCUT2D eigenvalue weighted by atomic mass is 9.95. The highest BCUT2D eigenvalue weighted by Crippen LogP contribution is 2.43. The molecule has 0 unspecified atom stereocenters. The maximum atomic E-state index is 11.7. The van der Waals surface area contributed by atoms with Crippen molar-refractivity contribution in [3.63, 3.8) is 0 Å². The summed E-state index contributed by atoms with van der Waals surface area (Å²) in [4.78, 5) is 11.7. The molecular weight excluding hydrogens is 263 g/mol. The largest absolute Gasteiger partial charge is 0.506 e. The maximum Gasteiger partial charge on any atom is 0.198 e. The third-order valence-corrected chi connectivity index (χ3v) is 3.68. The van der Waals surface area contributed by atoms with Gasteiger partial charge in [0.25, 0.3) is 0 Å². The number of phenolic OH excluding ortho intramolecular Hbond substituents is 1. The lowest BCUT2D eigenvalue weighted by molar-refractivity contribution is 0.0946. The number of aromatic hydroxyl groups is 1. The second kappa shape index (κ2) is 3.65. The first-order chi connectivity index (χ1) is 8.09. The summed E-state index contributed by atoms with van der Waals surface area (Å²) >= 11 is 12.0. The van der Waals surface area contributed by atoms with Gasteiger partial charge in [-0.25, -0.2) is 0 Å². The van der Waals surface area contributed by atoms with Crippen LogP contribution in [0.5, 0.6) is 5.75 Å². The Kier molecular flexibility index (Phi) is 2.35. The zero-order valence-corrected chi connectivity index (χ0v) is 10.2. The Balaban J connectivity index is 2.47. The lowest BCUT2D eigenvalue weighted by Crippen LogP contribution is -2.07. The number of hydrogen-bond acceptors (Lipinski definition) is 3. The van der Waals surface area contributed by atoms with Crippen LogP contribution < -0.4 is 0 Å². The first kappa shape index (κ1) is 10.9. The van der Waals surface area contributed by atoms with Crippen molar-refractivity contribution in [2.24, 2.45) is 0 Å². The fourth-order valence-electron chi connectivity index (χ4n) is 2.25. The second-order valence-corrected chi connectivity index (χ2v) is 4.87. The van der Waals surface area contributed by atoms with E-state index in [1.807, 2.05) is 0 Å². The zero-order valence-electron chi connectivity index (χ0n) is 8.72. The van der Waals surface area contributed by atoms with Crippen molar-refractivity contribution in [3.05, 3.63) is 27.4 Å². The highest BCUT2D eigenvalue weighted by molar-refractivity contribution is 6.41. The highest BCUT2D eigenvalue weighted by Gasteiger charge is 2.27. The second-order valence-electron chi connectivity index (χ2n) is 4.08. The molecule has 0 atom stereocenters. The summed E-state index contributed by atoms with van der Waals surface area (Å²) in [6.45, 7) is 0. The van der Waals surface area contributed by atoms with E-state index in [1.54, 1.807) is 0 Å². The Morgan fingerprint density at radius 1 is 1.29 bits per heavy atom. The van der Waals surface area contributed by atoms with Crippen LogP contribution in [0.4, 0.5) is 0 Å². The average Bonchev–Trinajstić information content (AvgIpc) is 2.68. The molecule has 0 saturated carbocycles. The van der Waals surface area contributed by atoms with Gasteiger partial charge in [-0.15, -0.1) is 0 Å². The van der Waals surface area contributed by atoms with Gasteiger partial charge in [0.2, 0.25) is 0 Å². The molecule has 1 aliphatic carbocycles. The standard InChI is InChI=1S/C12H8Cl2O3/c13-6-4-8(16)10(14)9-5-2-1-3-7(15)11(5)17-12(6)9/h4,16H,1-3H2. The van der Waals surface area contributed by atoms with E-state index in [0.29, 0.717) is 29.6 Å². The van der Waals surface area contributed by atoms with E-state index in [9.17, 15) is 9.90 Å². The van der Waals surface area contributed by atoms with Crippen LogP contribution in [0.1, 0.15) is 29.0 Å². The smallest absolute Gasteiger partial charge is 0.198 e. The molecule has 1 heterocycles. The predicted molar refractivity (Wildman–Crippen MR) is 65.2 cm³/mol. The van der Waals surface area contributed by atoms with Gasteiger partial charge in [0, 0.05) is 23.4 Å². The average molecular weight is 271 g/mol. The van der Waals surface area contributed by atoms with E-state index >= 15 is 0 Å². The molecule has 3 nitrogen and oxygen atoms in total. The zero-order chi connectivity index (χ0) is 12.2. The number of fused-ring (bicyclic) bond motifs is 3. The molecule has 0 saturated heterocycles. The van der Waals surface area contributed by atoms with Gasteiger partial charge in [-0.2, -0.15) is 0 Å². The third kappa shape index (κ3) is 1.46. The number of hydrogen-bond donors (Lipinski definition) is 1. The van der Waals surface area contributed by atoms with Crippen LogP contribution in [0.2, 0.25) is 10.0 Å². The normalized spacial score (nSPS) is 15.3. The van der Waals surface area contributed by atoms with E-state index in [1.165, 1.54) is 6.07 Å². The van der Waals surface area contributed by atoms with E-state index in [-0.39, 0.29) is 21.6 Å². The van der Waals surface area contributed by atoms with Crippen molar-refractivity contribution in [1.29, 1.82) is 0 Å². The molecule has 1 aliphatic rings. The molecular formula is C12H8Cl2O3. The molecule has 3 rings (SSSR count). The van der Waals surface area contributed by atoms with Crippen LogP contribution in [0.25, 0.3) is 11.0 Å². The SMILES string of the molecule is O=C1CCCc2c1oc1c(Cl)cc(O)c(Cl)c21. The van der Waals surface area contributed by atoms with Gasteiger partial charge in [-0.05, 0) is 12.8 Å². The number of carbonyl (C=O) groups is 1. The van der Waals surface area contributed by atoms with Gasteiger partial charge in [-0.3, -0.25) is 4.79 Å². The van der Waals surface area contributed by atoms with Gasteiger partial charge < -0.3 is 9.52 Å². The highest BCUT2D eigenvalue weighted by atomic mass is 35.5. The van der Waals surface area contributed by atoms with Crippen LogP contribution >= 0.6 is 23.2 Å². The number of phenols is 1. The Labute approximate surface area is 107 Å². The molecule has 0 amide bonds. The Morgan fingerprint density at radius 2 is 2.06 bits per heavy atom. The van der Waals surface area contributed by atoms with Crippen LogP contribution in [-0.2, 0) is 6.42 Å². The molecule has 5 heteroatoms. The fraction of sp³-hybridized carbons (Fsp3) is 0.250. The topological polar surface area (TPSA) is 50.4 Å². The molecule has 2 aromatic rings. The summed E-state index contributed by atoms with van der Waals surface area (Å²) in [5.41, 5.74) is 1.15. The molecule has 88 valence electrons. The molecule has 0 radical (unpaired) electrons. The molecule has 1 aromatic carbocycles. The number of Topliss-reactive ketones (excluding diaryl/α,β-unsaturated/α-hetero) is 1. The van der Waals surface area contributed by atoms with Gasteiger partial charge in [0.1, 0.15) is 5.75 Å². The number of furan rings is 1. The Bertz CT molecular complexity index is 643. The van der Waals surface area contributed by atoms with Gasteiger partial charge in [-0.1, -0.05) is 23.2 Å². The number of halogens is 2. The van der Waals surface area contributed by atoms with Crippen LogP contribution in [0, 0.1) is 0 Å². The molecule has 0 bridgehead atoms. The Hall–Kier alpha value is -1.19. The van der Waals surface area contributed by atoms with E-state index in [0.717, 1.165) is 12.0 Å². The van der Waals surface area contributed by atoms with Crippen LogP contribution in [0.3, 0.4) is 0 Å². The summed E-state index contributed by atoms with van der Waals surface area (Å²) in [7, 11) is 0. The summed E-state index contributed by atoms with van der Waals surface area (Å²) in [5, 5.41) is 10.7. The van der Waals surface area contributed by atoms with Crippen molar-refractivity contribution in [2.45, 2.75) is 19.3 Å². The number of rotatable bonds is 0. The van der Waals surface area contributed by atoms with Crippen LogP contribution in [-0.4, -0.2) is 10.9 Å². The van der Waals surface area contributed by atoms with Crippen LogP contribution in [0.15, 0.2) is 10.5 Å². The van der Waals surface area contributed by atoms with Crippen molar-refractivity contribution in [3.8, 4) is 5.75 Å². The molecule has 1 aromatic heterocycles. The number of carbonyl (C=O) groups excluding carboxylic acids is 1. The van der Waals surface area contributed by atoms with Crippen molar-refractivity contribution >= 4 is 40.0 Å². The van der Waals surface area contributed by atoms with Gasteiger partial charge >= 0.3 is 0 Å². The van der Waals surface area contributed by atoms with Crippen molar-refractivity contribution in [1.82, 2.24) is 0 Å². The van der Waals surface area contributed by atoms with E-state index in [4.69, 9.17) is 27.6 Å². The fourth-order valence-corrected chi connectivity index (χ4v) is 2.74. The third-order valence-electron chi connectivity index (χ3n) is 3.02. The monoisotopic (exact) mass is 270 g/mol. The minimum Gasteiger partial charge on any atom is -0.506 e. The summed E-state index contributed by atoms with van der Waals surface area (Å²) in [5.74, 6) is 0.209. The van der Waals surface area contributed by atoms with E-state index < -0.39 is 0 Å². The van der Waals surface area contributed by atoms with E-state index in [2.05, 4.69) is 0 Å². The number of ketones is 1. The lowest BCUT2D eigenvalue weighted by Gasteiger charge is -2.08. The first-order valence-corrected chi connectivity index (χ1v) is 6.00. The summed E-state index contributed by atoms with van der Waals surface area (Å²) < 4.78 is 5.49. The van der Waals surface area contributed by atoms with Gasteiger partial charge in [0.15, 0.2) is 17.1 Å². The van der Waals surface area contributed by atoms with Crippen molar-refractivity contribution < 1.29 is 14.3 Å². The number of aryl methyl sites for hydroxylation is 1. The summed E-state index contributed by atoms with van der Waals surface area (Å²) in [6.07, 6.45) is 1.96.